The van der Waals surface area contributed by atoms with Gasteiger partial charge in [-0.3, -0.25) is 0 Å². The zero-order chi connectivity index (χ0) is 11.6. The van der Waals surface area contributed by atoms with E-state index < -0.39 is 5.97 Å². The molecule has 0 fully saturated rings. The van der Waals surface area contributed by atoms with Gasteiger partial charge in [-0.2, -0.15) is 0 Å². The summed E-state index contributed by atoms with van der Waals surface area (Å²) in [4.78, 5) is 16.8. The molecule has 15 heavy (non-hydrogen) atoms. The second-order valence-corrected chi connectivity index (χ2v) is 4.08. The average molecular weight is 211 g/mol. The summed E-state index contributed by atoms with van der Waals surface area (Å²) in [6.07, 6.45) is 1.63. The molecule has 0 aliphatic carbocycles. The van der Waals surface area contributed by atoms with Gasteiger partial charge in [0.2, 0.25) is 5.82 Å². The molecule has 0 amide bonds. The van der Waals surface area contributed by atoms with E-state index in [1.807, 2.05) is 32.8 Å². The number of nitrogens with zero attached hydrogens (tertiary/aromatic N) is 3. The molecule has 0 bridgehead atoms. The normalized spacial score (nSPS) is 11.3. The zero-order valence-corrected chi connectivity index (χ0v) is 9.56. The summed E-state index contributed by atoms with van der Waals surface area (Å²) in [7, 11) is 3.89. The molecule has 0 saturated carbocycles. The van der Waals surface area contributed by atoms with Crippen molar-refractivity contribution in [1.82, 2.24) is 14.5 Å². The van der Waals surface area contributed by atoms with Gasteiger partial charge in [0.1, 0.15) is 0 Å². The Bertz CT molecular complexity index is 356. The van der Waals surface area contributed by atoms with Crippen LogP contribution in [0.1, 0.15) is 36.2 Å². The first-order valence-electron chi connectivity index (χ1n) is 4.87. The van der Waals surface area contributed by atoms with E-state index in [4.69, 9.17) is 5.11 Å². The van der Waals surface area contributed by atoms with Crippen LogP contribution in [0.15, 0.2) is 6.20 Å². The number of carbonyl (C=O) groups is 1. The van der Waals surface area contributed by atoms with E-state index in [0.717, 1.165) is 5.69 Å². The van der Waals surface area contributed by atoms with E-state index in [1.54, 1.807) is 10.8 Å². The molecule has 5 nitrogen and oxygen atoms in total. The molecule has 0 atom stereocenters. The lowest BCUT2D eigenvalue weighted by Gasteiger charge is -2.16. The molecular formula is C10H17N3O2. The van der Waals surface area contributed by atoms with Crippen LogP contribution in [-0.4, -0.2) is 39.6 Å². The Kier molecular flexibility index (Phi) is 3.47. The van der Waals surface area contributed by atoms with E-state index in [0.29, 0.717) is 6.54 Å². The molecule has 1 rings (SSSR count). The summed E-state index contributed by atoms with van der Waals surface area (Å²) in [6, 6.07) is 0.105. The molecule has 0 radical (unpaired) electrons. The summed E-state index contributed by atoms with van der Waals surface area (Å²) in [5.74, 6) is -0.865. The maximum atomic E-state index is 10.9. The lowest BCUT2D eigenvalue weighted by atomic mass is 10.3. The highest BCUT2D eigenvalue weighted by Gasteiger charge is 2.18. The van der Waals surface area contributed by atoms with Crippen LogP contribution in [-0.2, 0) is 6.54 Å². The molecule has 0 aliphatic heterocycles. The van der Waals surface area contributed by atoms with Gasteiger partial charge in [0.15, 0.2) is 0 Å². The van der Waals surface area contributed by atoms with Crippen LogP contribution in [0.2, 0.25) is 0 Å². The Morgan fingerprint density at radius 2 is 2.20 bits per heavy atom. The first kappa shape index (κ1) is 11.7. The Balaban J connectivity index is 3.12. The maximum absolute atomic E-state index is 10.9. The predicted molar refractivity (Wildman–Crippen MR) is 57.0 cm³/mol. The first-order chi connectivity index (χ1) is 6.93. The third kappa shape index (κ3) is 2.56. The van der Waals surface area contributed by atoms with Crippen molar-refractivity contribution in [3.8, 4) is 0 Å². The number of rotatable bonds is 4. The van der Waals surface area contributed by atoms with Crippen molar-refractivity contribution in [3.05, 3.63) is 17.7 Å². The minimum absolute atomic E-state index is 0.105. The Labute approximate surface area is 89.3 Å². The highest BCUT2D eigenvalue weighted by molar-refractivity contribution is 5.83. The Morgan fingerprint density at radius 1 is 1.60 bits per heavy atom. The number of aromatic carboxylic acids is 1. The lowest BCUT2D eigenvalue weighted by molar-refractivity contribution is 0.0675. The summed E-state index contributed by atoms with van der Waals surface area (Å²) >= 11 is 0. The summed E-state index contributed by atoms with van der Waals surface area (Å²) in [6.45, 7) is 4.60. The molecule has 1 heterocycles. The van der Waals surface area contributed by atoms with E-state index in [2.05, 4.69) is 4.98 Å². The third-order valence-corrected chi connectivity index (χ3v) is 2.06. The zero-order valence-electron chi connectivity index (χ0n) is 9.56. The van der Waals surface area contributed by atoms with Crippen molar-refractivity contribution >= 4 is 5.97 Å². The van der Waals surface area contributed by atoms with Crippen LogP contribution < -0.4 is 0 Å². The standard InChI is InChI=1S/C10H17N3O2/c1-7(2)13-8(6-12(3)4)5-11-9(13)10(14)15/h5,7H,6H2,1-4H3,(H,14,15). The quantitative estimate of drug-likeness (QED) is 0.813. The van der Waals surface area contributed by atoms with Crippen LogP contribution >= 0.6 is 0 Å². The van der Waals surface area contributed by atoms with Crippen LogP contribution in [0, 0.1) is 0 Å². The highest BCUT2D eigenvalue weighted by Crippen LogP contribution is 2.14. The fraction of sp³-hybridized carbons (Fsp3) is 0.600. The number of hydrogen-bond acceptors (Lipinski definition) is 3. The number of imidazole rings is 1. The molecule has 0 aromatic carbocycles. The van der Waals surface area contributed by atoms with E-state index >= 15 is 0 Å². The molecule has 1 N–H and O–H groups in total. The summed E-state index contributed by atoms with van der Waals surface area (Å²) < 4.78 is 1.75. The highest BCUT2D eigenvalue weighted by atomic mass is 16.4. The number of aromatic nitrogens is 2. The molecule has 0 saturated heterocycles. The number of carboxylic acid groups (broad SMARTS) is 1. The van der Waals surface area contributed by atoms with Gasteiger partial charge in [-0.25, -0.2) is 9.78 Å². The van der Waals surface area contributed by atoms with Crippen molar-refractivity contribution in [2.24, 2.45) is 0 Å². The van der Waals surface area contributed by atoms with Crippen molar-refractivity contribution in [1.29, 1.82) is 0 Å². The molecule has 0 spiro atoms. The van der Waals surface area contributed by atoms with Gasteiger partial charge in [0.25, 0.3) is 0 Å². The molecule has 1 aromatic heterocycles. The third-order valence-electron chi connectivity index (χ3n) is 2.06. The lowest BCUT2D eigenvalue weighted by Crippen LogP contribution is -2.18. The van der Waals surface area contributed by atoms with Crippen molar-refractivity contribution < 1.29 is 9.90 Å². The molecule has 1 aromatic rings. The van der Waals surface area contributed by atoms with Crippen LogP contribution in [0.5, 0.6) is 0 Å². The van der Waals surface area contributed by atoms with Gasteiger partial charge in [0.05, 0.1) is 11.9 Å². The number of carboxylic acids is 1. The van der Waals surface area contributed by atoms with Gasteiger partial charge in [-0.1, -0.05) is 0 Å². The SMILES string of the molecule is CC(C)n1c(CN(C)C)cnc1C(=O)O. The minimum atomic E-state index is -0.978. The van der Waals surface area contributed by atoms with Gasteiger partial charge >= 0.3 is 5.97 Å². The first-order valence-corrected chi connectivity index (χ1v) is 4.87. The topological polar surface area (TPSA) is 58.4 Å². The molecular weight excluding hydrogens is 194 g/mol. The van der Waals surface area contributed by atoms with E-state index in [9.17, 15) is 4.79 Å². The molecule has 0 unspecified atom stereocenters. The van der Waals surface area contributed by atoms with Crippen molar-refractivity contribution in [2.75, 3.05) is 14.1 Å². The molecule has 84 valence electrons. The maximum Gasteiger partial charge on any atom is 0.372 e. The van der Waals surface area contributed by atoms with E-state index in [1.165, 1.54) is 0 Å². The summed E-state index contributed by atoms with van der Waals surface area (Å²) in [5, 5.41) is 8.97. The Morgan fingerprint density at radius 3 is 2.60 bits per heavy atom. The van der Waals surface area contributed by atoms with Crippen molar-refractivity contribution in [3.63, 3.8) is 0 Å². The fourth-order valence-electron chi connectivity index (χ4n) is 1.57. The van der Waals surface area contributed by atoms with Gasteiger partial charge in [-0.15, -0.1) is 0 Å². The second-order valence-electron chi connectivity index (χ2n) is 4.08. The van der Waals surface area contributed by atoms with Crippen LogP contribution in [0.3, 0.4) is 0 Å². The fourth-order valence-corrected chi connectivity index (χ4v) is 1.57. The summed E-state index contributed by atoms with van der Waals surface area (Å²) in [5.41, 5.74) is 0.924. The second kappa shape index (κ2) is 4.44. The number of hydrogen-bond donors (Lipinski definition) is 1. The molecule has 0 aliphatic rings. The smallest absolute Gasteiger partial charge is 0.372 e. The predicted octanol–water partition coefficient (Wildman–Crippen LogP) is 1.22. The van der Waals surface area contributed by atoms with Crippen molar-refractivity contribution in [2.45, 2.75) is 26.4 Å². The van der Waals surface area contributed by atoms with Crippen LogP contribution in [0.4, 0.5) is 0 Å². The van der Waals surface area contributed by atoms with E-state index in [-0.39, 0.29) is 11.9 Å². The average Bonchev–Trinajstić information content (AvgIpc) is 2.46. The minimum Gasteiger partial charge on any atom is -0.475 e. The largest absolute Gasteiger partial charge is 0.475 e. The molecule has 5 heteroatoms. The van der Waals surface area contributed by atoms with Gasteiger partial charge in [-0.05, 0) is 27.9 Å². The monoisotopic (exact) mass is 211 g/mol. The van der Waals surface area contributed by atoms with Gasteiger partial charge in [0, 0.05) is 12.6 Å². The van der Waals surface area contributed by atoms with Gasteiger partial charge < -0.3 is 14.6 Å². The Hall–Kier alpha value is -1.36. The van der Waals surface area contributed by atoms with Crippen LogP contribution in [0.25, 0.3) is 0 Å².